The van der Waals surface area contributed by atoms with Crippen molar-refractivity contribution in [3.8, 4) is 11.3 Å². The number of hydrogen-bond donors (Lipinski definition) is 0. The summed E-state index contributed by atoms with van der Waals surface area (Å²) in [5, 5.41) is 6.62. The molecule has 2 unspecified atom stereocenters. The van der Waals surface area contributed by atoms with Crippen molar-refractivity contribution in [1.29, 1.82) is 0 Å². The van der Waals surface area contributed by atoms with E-state index >= 15 is 0 Å². The number of benzene rings is 1. The van der Waals surface area contributed by atoms with Gasteiger partial charge in [-0.3, -0.25) is 4.68 Å². The van der Waals surface area contributed by atoms with Crippen molar-refractivity contribution in [2.75, 3.05) is 19.8 Å². The molecule has 3 aromatic rings. The van der Waals surface area contributed by atoms with Crippen LogP contribution in [0.15, 0.2) is 41.0 Å². The Labute approximate surface area is 180 Å². The van der Waals surface area contributed by atoms with Gasteiger partial charge in [0.25, 0.3) is 0 Å². The fourth-order valence-electron chi connectivity index (χ4n) is 4.56. The number of aromatic nitrogens is 3. The largest absolute Gasteiger partial charge is 0.378 e. The molecular formula is C23H28N4O2S. The lowest BCUT2D eigenvalue weighted by atomic mass is 9.89. The molecule has 0 radical (unpaired) electrons. The number of nitrogens with zero attached hydrogens (tertiary/aromatic N) is 4. The van der Waals surface area contributed by atoms with Crippen LogP contribution in [0.4, 0.5) is 5.69 Å². The molecule has 0 amide bonds. The predicted octanol–water partition coefficient (Wildman–Crippen LogP) is 4.31. The van der Waals surface area contributed by atoms with Crippen molar-refractivity contribution in [3.63, 3.8) is 0 Å². The molecule has 2 fully saturated rings. The van der Waals surface area contributed by atoms with Gasteiger partial charge >= 0.3 is 0 Å². The van der Waals surface area contributed by atoms with Gasteiger partial charge in [0.1, 0.15) is 0 Å². The van der Waals surface area contributed by atoms with E-state index in [1.54, 1.807) is 11.3 Å². The summed E-state index contributed by atoms with van der Waals surface area (Å²) >= 11 is 1.70. The van der Waals surface area contributed by atoms with Gasteiger partial charge in [-0.1, -0.05) is 12.1 Å². The van der Waals surface area contributed by atoms with E-state index in [4.69, 9.17) is 14.5 Å². The molecule has 2 aliphatic rings. The molecule has 0 N–H and O–H groups in total. The molecule has 30 heavy (non-hydrogen) atoms. The smallest absolute Gasteiger partial charge is 0.190 e. The van der Waals surface area contributed by atoms with Crippen molar-refractivity contribution in [1.82, 2.24) is 14.3 Å². The van der Waals surface area contributed by atoms with Gasteiger partial charge in [-0.2, -0.15) is 5.10 Å². The minimum absolute atomic E-state index is 0.152. The molecule has 4 heterocycles. The molecule has 2 atom stereocenters. The van der Waals surface area contributed by atoms with Crippen molar-refractivity contribution in [2.45, 2.75) is 44.8 Å². The first-order valence-electron chi connectivity index (χ1n) is 10.6. The molecule has 0 aliphatic carbocycles. The Morgan fingerprint density at radius 2 is 2.17 bits per heavy atom. The minimum Gasteiger partial charge on any atom is -0.378 e. The molecule has 1 spiro atoms. The van der Waals surface area contributed by atoms with Gasteiger partial charge in [-0.25, -0.2) is 4.99 Å². The Hall–Kier alpha value is -2.22. The zero-order chi connectivity index (χ0) is 20.7. The fourth-order valence-corrected chi connectivity index (χ4v) is 5.54. The third-order valence-electron chi connectivity index (χ3n) is 6.43. The maximum atomic E-state index is 6.22. The molecule has 158 valence electrons. The van der Waals surface area contributed by atoms with Crippen LogP contribution in [0.2, 0.25) is 0 Å². The van der Waals surface area contributed by atoms with Gasteiger partial charge in [0.15, 0.2) is 4.80 Å². The second kappa shape index (κ2) is 7.80. The Bertz CT molecular complexity index is 1120. The molecule has 5 rings (SSSR count). The van der Waals surface area contributed by atoms with E-state index in [1.807, 2.05) is 17.9 Å². The van der Waals surface area contributed by atoms with Crippen molar-refractivity contribution < 1.29 is 9.47 Å². The van der Waals surface area contributed by atoms with E-state index < -0.39 is 0 Å². The lowest BCUT2D eigenvalue weighted by Crippen LogP contribution is -2.42. The summed E-state index contributed by atoms with van der Waals surface area (Å²) in [6.45, 7) is 6.52. The first-order valence-corrected chi connectivity index (χ1v) is 11.4. The highest BCUT2D eigenvalue weighted by atomic mass is 32.1. The Morgan fingerprint density at radius 1 is 1.27 bits per heavy atom. The van der Waals surface area contributed by atoms with Crippen molar-refractivity contribution in [3.05, 3.63) is 51.9 Å². The first-order chi connectivity index (χ1) is 14.5. The maximum absolute atomic E-state index is 6.22. The number of thiazole rings is 1. The normalized spacial score (nSPS) is 24.8. The van der Waals surface area contributed by atoms with E-state index in [0.29, 0.717) is 12.6 Å². The summed E-state index contributed by atoms with van der Waals surface area (Å²) in [6, 6.07) is 6.65. The topological polar surface area (TPSA) is 53.6 Å². The van der Waals surface area contributed by atoms with E-state index in [-0.39, 0.29) is 5.60 Å². The third kappa shape index (κ3) is 3.55. The molecular weight excluding hydrogens is 396 g/mol. The highest BCUT2D eigenvalue weighted by Crippen LogP contribution is 2.39. The highest BCUT2D eigenvalue weighted by molar-refractivity contribution is 7.07. The van der Waals surface area contributed by atoms with Crippen LogP contribution < -0.4 is 4.80 Å². The van der Waals surface area contributed by atoms with Crippen LogP contribution >= 0.6 is 11.3 Å². The molecule has 0 saturated carbocycles. The van der Waals surface area contributed by atoms with Crippen molar-refractivity contribution in [2.24, 2.45) is 12.0 Å². The Morgan fingerprint density at radius 3 is 2.93 bits per heavy atom. The number of aryl methyl sites for hydroxylation is 2. The van der Waals surface area contributed by atoms with Gasteiger partial charge < -0.3 is 14.0 Å². The SMILES string of the molecule is Cc1cccc(N=c2scc(-c3cnn(C)c3)n2C2CCOC3(CCOC3)C2)c1C. The van der Waals surface area contributed by atoms with Gasteiger partial charge in [0.2, 0.25) is 0 Å². The minimum atomic E-state index is -0.152. The van der Waals surface area contributed by atoms with Crippen molar-refractivity contribution >= 4 is 17.0 Å². The zero-order valence-corrected chi connectivity index (χ0v) is 18.6. The molecule has 2 saturated heterocycles. The Balaban J connectivity index is 1.64. The predicted molar refractivity (Wildman–Crippen MR) is 118 cm³/mol. The van der Waals surface area contributed by atoms with Gasteiger partial charge in [0.05, 0.1) is 29.8 Å². The summed E-state index contributed by atoms with van der Waals surface area (Å²) < 4.78 is 16.2. The summed E-state index contributed by atoms with van der Waals surface area (Å²) in [6.07, 6.45) is 6.92. The number of hydrogen-bond acceptors (Lipinski definition) is 5. The average Bonchev–Trinajstić information content (AvgIpc) is 3.46. The summed E-state index contributed by atoms with van der Waals surface area (Å²) in [5.41, 5.74) is 5.68. The van der Waals surface area contributed by atoms with Crippen LogP contribution in [0.25, 0.3) is 11.3 Å². The standard InChI is InChI=1S/C23H28N4O2S/c1-16-5-4-6-20(17(16)2)25-22-27(21(14-30-22)18-12-24-26(3)13-18)19-7-9-29-23(11-19)8-10-28-15-23/h4-6,12-14,19H,7-11,15H2,1-3H3. The van der Waals surface area contributed by atoms with E-state index in [0.717, 1.165) is 48.5 Å². The summed E-state index contributed by atoms with van der Waals surface area (Å²) in [5.74, 6) is 0. The monoisotopic (exact) mass is 424 g/mol. The number of ether oxygens (including phenoxy) is 2. The molecule has 2 aromatic heterocycles. The lowest BCUT2D eigenvalue weighted by molar-refractivity contribution is -0.0949. The van der Waals surface area contributed by atoms with Crippen LogP contribution in [0.1, 0.15) is 36.4 Å². The highest BCUT2D eigenvalue weighted by Gasteiger charge is 2.42. The van der Waals surface area contributed by atoms with Gasteiger partial charge in [-0.15, -0.1) is 11.3 Å². The van der Waals surface area contributed by atoms with E-state index in [9.17, 15) is 0 Å². The maximum Gasteiger partial charge on any atom is 0.190 e. The van der Waals surface area contributed by atoms with Crippen LogP contribution in [-0.2, 0) is 16.5 Å². The fraction of sp³-hybridized carbons (Fsp3) is 0.478. The summed E-state index contributed by atoms with van der Waals surface area (Å²) in [4.78, 5) is 6.16. The molecule has 2 aliphatic heterocycles. The second-order valence-electron chi connectivity index (χ2n) is 8.49. The molecule has 7 heteroatoms. The molecule has 0 bridgehead atoms. The van der Waals surface area contributed by atoms with Crippen LogP contribution in [0, 0.1) is 13.8 Å². The summed E-state index contributed by atoms with van der Waals surface area (Å²) in [7, 11) is 1.96. The van der Waals surface area contributed by atoms with E-state index in [1.165, 1.54) is 16.8 Å². The third-order valence-corrected chi connectivity index (χ3v) is 7.27. The molecule has 6 nitrogen and oxygen atoms in total. The van der Waals surface area contributed by atoms with Crippen LogP contribution in [-0.4, -0.2) is 39.8 Å². The first kappa shape index (κ1) is 19.7. The zero-order valence-electron chi connectivity index (χ0n) is 17.8. The van der Waals surface area contributed by atoms with E-state index in [2.05, 4.69) is 53.3 Å². The van der Waals surface area contributed by atoms with Gasteiger partial charge in [-0.05, 0) is 43.9 Å². The van der Waals surface area contributed by atoms with Crippen LogP contribution in [0.3, 0.4) is 0 Å². The Kier molecular flexibility index (Phi) is 5.13. The lowest BCUT2D eigenvalue weighted by Gasteiger charge is -2.38. The second-order valence-corrected chi connectivity index (χ2v) is 9.32. The quantitative estimate of drug-likeness (QED) is 0.630. The molecule has 1 aromatic carbocycles. The van der Waals surface area contributed by atoms with Crippen LogP contribution in [0.5, 0.6) is 0 Å². The number of rotatable bonds is 3. The van der Waals surface area contributed by atoms with Gasteiger partial charge in [0, 0.05) is 49.9 Å². The average molecular weight is 425 g/mol.